The summed E-state index contributed by atoms with van der Waals surface area (Å²) in [6, 6.07) is 14.5. The molecule has 3 rings (SSSR count). The Bertz CT molecular complexity index is 1360. The van der Waals surface area contributed by atoms with Crippen LogP contribution in [0.15, 0.2) is 71.6 Å². The standard InChI is InChI=1S/C26H27F3N2O4S/c1-17(2)31(25(32)30-24-13-5-8-18(3)19(24)4)16-20-9-6-11-22(14-20)35-36(33,34)23-12-7-10-21(15-23)26(27,28)29/h5-15,17H,16H2,1-4H3,(H,30,32). The Morgan fingerprint density at radius 3 is 2.33 bits per heavy atom. The Hall–Kier alpha value is -3.53. The fraction of sp³-hybridized carbons (Fsp3) is 0.269. The third-order valence-corrected chi connectivity index (χ3v) is 6.88. The normalized spacial score (nSPS) is 11.9. The zero-order valence-electron chi connectivity index (χ0n) is 20.3. The Balaban J connectivity index is 1.79. The molecule has 0 saturated heterocycles. The SMILES string of the molecule is Cc1cccc(NC(=O)N(Cc2cccc(OS(=O)(=O)c3cccc(C(F)(F)F)c3)c2)C(C)C)c1C. The van der Waals surface area contributed by atoms with Gasteiger partial charge in [-0.15, -0.1) is 0 Å². The van der Waals surface area contributed by atoms with Gasteiger partial charge in [-0.2, -0.15) is 21.6 Å². The molecule has 0 fully saturated rings. The predicted molar refractivity (Wildman–Crippen MR) is 131 cm³/mol. The van der Waals surface area contributed by atoms with Gasteiger partial charge >= 0.3 is 22.3 Å². The minimum Gasteiger partial charge on any atom is -0.379 e. The van der Waals surface area contributed by atoms with Gasteiger partial charge in [0.15, 0.2) is 0 Å². The molecule has 0 saturated carbocycles. The molecule has 36 heavy (non-hydrogen) atoms. The van der Waals surface area contributed by atoms with Crippen molar-refractivity contribution in [2.24, 2.45) is 0 Å². The monoisotopic (exact) mass is 520 g/mol. The summed E-state index contributed by atoms with van der Waals surface area (Å²) in [7, 11) is -4.52. The first-order valence-corrected chi connectivity index (χ1v) is 12.5. The second-order valence-corrected chi connectivity index (χ2v) is 10.2. The Kier molecular flexibility index (Phi) is 7.98. The molecular formula is C26H27F3N2O4S. The van der Waals surface area contributed by atoms with Gasteiger partial charge in [0.2, 0.25) is 0 Å². The van der Waals surface area contributed by atoms with E-state index < -0.39 is 26.8 Å². The van der Waals surface area contributed by atoms with E-state index in [-0.39, 0.29) is 24.4 Å². The van der Waals surface area contributed by atoms with Crippen LogP contribution in [0.4, 0.5) is 23.7 Å². The first-order chi connectivity index (χ1) is 16.8. The third-order valence-electron chi connectivity index (χ3n) is 5.64. The lowest BCUT2D eigenvalue weighted by molar-refractivity contribution is -0.137. The molecule has 3 aromatic carbocycles. The number of amides is 2. The van der Waals surface area contributed by atoms with Crippen molar-refractivity contribution in [3.63, 3.8) is 0 Å². The first-order valence-electron chi connectivity index (χ1n) is 11.1. The molecule has 0 bridgehead atoms. The van der Waals surface area contributed by atoms with Crippen molar-refractivity contribution >= 4 is 21.8 Å². The number of anilines is 1. The van der Waals surface area contributed by atoms with E-state index in [0.717, 1.165) is 29.3 Å². The van der Waals surface area contributed by atoms with Gasteiger partial charge in [0.1, 0.15) is 10.6 Å². The molecule has 0 spiro atoms. The molecule has 192 valence electrons. The highest BCUT2D eigenvalue weighted by Crippen LogP contribution is 2.31. The number of carbonyl (C=O) groups is 1. The fourth-order valence-electron chi connectivity index (χ4n) is 3.46. The number of alkyl halides is 3. The van der Waals surface area contributed by atoms with E-state index in [9.17, 15) is 26.4 Å². The van der Waals surface area contributed by atoms with E-state index in [1.807, 2.05) is 45.9 Å². The van der Waals surface area contributed by atoms with Crippen molar-refractivity contribution in [3.8, 4) is 5.75 Å². The molecule has 0 aliphatic carbocycles. The number of nitrogens with one attached hydrogen (secondary N) is 1. The summed E-state index contributed by atoms with van der Waals surface area (Å²) >= 11 is 0. The average Bonchev–Trinajstić information content (AvgIpc) is 2.80. The van der Waals surface area contributed by atoms with Gasteiger partial charge in [0.25, 0.3) is 0 Å². The van der Waals surface area contributed by atoms with Crippen LogP contribution in [0.1, 0.15) is 36.1 Å². The van der Waals surface area contributed by atoms with Gasteiger partial charge in [-0.25, -0.2) is 4.79 Å². The Morgan fingerprint density at radius 2 is 1.67 bits per heavy atom. The van der Waals surface area contributed by atoms with Gasteiger partial charge in [0, 0.05) is 18.3 Å². The lowest BCUT2D eigenvalue weighted by Gasteiger charge is -2.27. The van der Waals surface area contributed by atoms with Gasteiger partial charge in [-0.3, -0.25) is 0 Å². The summed E-state index contributed by atoms with van der Waals surface area (Å²) in [5, 5.41) is 2.91. The molecule has 0 heterocycles. The molecule has 6 nitrogen and oxygen atoms in total. The first kappa shape index (κ1) is 27.1. The molecule has 10 heteroatoms. The minimum absolute atomic E-state index is 0.0800. The second kappa shape index (κ2) is 10.6. The maximum Gasteiger partial charge on any atom is 0.416 e. The third kappa shape index (κ3) is 6.57. The maximum atomic E-state index is 13.0. The molecule has 1 N–H and O–H groups in total. The lowest BCUT2D eigenvalue weighted by Crippen LogP contribution is -2.39. The van der Waals surface area contributed by atoms with Crippen LogP contribution in [0, 0.1) is 13.8 Å². The molecule has 2 amide bonds. The highest BCUT2D eigenvalue weighted by Gasteiger charge is 2.32. The zero-order valence-corrected chi connectivity index (χ0v) is 21.1. The molecule has 0 unspecified atom stereocenters. The van der Waals surface area contributed by atoms with Crippen LogP contribution in [-0.2, 0) is 22.8 Å². The van der Waals surface area contributed by atoms with Crippen LogP contribution in [0.25, 0.3) is 0 Å². The zero-order chi connectivity index (χ0) is 26.7. The lowest BCUT2D eigenvalue weighted by atomic mass is 10.1. The number of urea groups is 1. The molecule has 0 radical (unpaired) electrons. The summed E-state index contributed by atoms with van der Waals surface area (Å²) in [4.78, 5) is 14.0. The number of aryl methyl sites for hydroxylation is 1. The molecule has 0 aliphatic rings. The number of nitrogens with zero attached hydrogens (tertiary/aromatic N) is 1. The number of hydrogen-bond donors (Lipinski definition) is 1. The van der Waals surface area contributed by atoms with Gasteiger partial charge < -0.3 is 14.4 Å². The summed E-state index contributed by atoms with van der Waals surface area (Å²) < 4.78 is 69.3. The van der Waals surface area contributed by atoms with Gasteiger partial charge in [-0.05, 0) is 80.8 Å². The summed E-state index contributed by atoms with van der Waals surface area (Å²) in [5.74, 6) is -0.0800. The molecule has 3 aromatic rings. The van der Waals surface area contributed by atoms with E-state index in [1.54, 1.807) is 17.0 Å². The number of rotatable bonds is 7. The average molecular weight is 521 g/mol. The fourth-order valence-corrected chi connectivity index (χ4v) is 4.43. The number of carbonyl (C=O) groups excluding carboxylic acids is 1. The van der Waals surface area contributed by atoms with Crippen molar-refractivity contribution in [3.05, 3.63) is 89.0 Å². The Labute approximate surface area is 208 Å². The topological polar surface area (TPSA) is 75.7 Å². The number of hydrogen-bond acceptors (Lipinski definition) is 4. The van der Waals surface area contributed by atoms with Crippen molar-refractivity contribution in [1.82, 2.24) is 4.90 Å². The van der Waals surface area contributed by atoms with Crippen LogP contribution in [0.3, 0.4) is 0 Å². The maximum absolute atomic E-state index is 13.0. The van der Waals surface area contributed by atoms with E-state index in [2.05, 4.69) is 5.32 Å². The van der Waals surface area contributed by atoms with Crippen LogP contribution < -0.4 is 9.50 Å². The van der Waals surface area contributed by atoms with Crippen LogP contribution in [0.5, 0.6) is 5.75 Å². The quantitative estimate of drug-likeness (QED) is 0.359. The molecule has 0 aliphatic heterocycles. The van der Waals surface area contributed by atoms with E-state index in [0.29, 0.717) is 17.3 Å². The predicted octanol–water partition coefficient (Wildman–Crippen LogP) is 6.53. The Morgan fingerprint density at radius 1 is 1.00 bits per heavy atom. The summed E-state index contributed by atoms with van der Waals surface area (Å²) in [5.41, 5.74) is 2.16. The number of benzene rings is 3. The summed E-state index contributed by atoms with van der Waals surface area (Å²) in [6.45, 7) is 7.71. The van der Waals surface area contributed by atoms with E-state index >= 15 is 0 Å². The van der Waals surface area contributed by atoms with Crippen molar-refractivity contribution in [2.75, 3.05) is 5.32 Å². The number of halogens is 3. The van der Waals surface area contributed by atoms with E-state index in [4.69, 9.17) is 4.18 Å². The second-order valence-electron chi connectivity index (χ2n) is 8.61. The smallest absolute Gasteiger partial charge is 0.379 e. The van der Waals surface area contributed by atoms with E-state index in [1.165, 1.54) is 12.1 Å². The van der Waals surface area contributed by atoms with Gasteiger partial charge in [-0.1, -0.05) is 30.3 Å². The van der Waals surface area contributed by atoms with Crippen molar-refractivity contribution in [2.45, 2.75) is 51.4 Å². The van der Waals surface area contributed by atoms with Crippen molar-refractivity contribution < 1.29 is 30.6 Å². The van der Waals surface area contributed by atoms with Crippen LogP contribution in [0.2, 0.25) is 0 Å². The van der Waals surface area contributed by atoms with Crippen LogP contribution >= 0.6 is 0 Å². The van der Waals surface area contributed by atoms with Gasteiger partial charge in [0.05, 0.1) is 5.56 Å². The molecular weight excluding hydrogens is 493 g/mol. The van der Waals surface area contributed by atoms with Crippen LogP contribution in [-0.4, -0.2) is 25.4 Å². The summed E-state index contributed by atoms with van der Waals surface area (Å²) in [6.07, 6.45) is -4.69. The minimum atomic E-state index is -4.69. The molecule has 0 atom stereocenters. The highest BCUT2D eigenvalue weighted by atomic mass is 32.2. The highest BCUT2D eigenvalue weighted by molar-refractivity contribution is 7.87. The molecule has 0 aromatic heterocycles. The van der Waals surface area contributed by atoms with Crippen molar-refractivity contribution in [1.29, 1.82) is 0 Å². The largest absolute Gasteiger partial charge is 0.416 e.